The van der Waals surface area contributed by atoms with E-state index in [0.29, 0.717) is 23.2 Å². The summed E-state index contributed by atoms with van der Waals surface area (Å²) < 4.78 is 17.9. The Balaban J connectivity index is 2.30. The van der Waals surface area contributed by atoms with Gasteiger partial charge in [-0.3, -0.25) is 0 Å². The maximum absolute atomic E-state index is 12.9. The average Bonchev–Trinajstić information content (AvgIpc) is 3.04. The van der Waals surface area contributed by atoms with E-state index in [1.165, 1.54) is 19.2 Å². The molecular formula is C11H13FN2O. The van der Waals surface area contributed by atoms with Gasteiger partial charge in [-0.05, 0) is 25.0 Å². The molecule has 1 aliphatic rings. The van der Waals surface area contributed by atoms with Crippen LogP contribution < -0.4 is 10.5 Å². The summed E-state index contributed by atoms with van der Waals surface area (Å²) in [5.74, 6) is 1.09. The van der Waals surface area contributed by atoms with Crippen LogP contribution in [0.2, 0.25) is 0 Å². The minimum atomic E-state index is -0.337. The molecule has 4 heteroatoms. The first kappa shape index (κ1) is 9.96. The van der Waals surface area contributed by atoms with Crippen LogP contribution in [-0.4, -0.2) is 12.9 Å². The Morgan fingerprint density at radius 2 is 2.27 bits per heavy atom. The summed E-state index contributed by atoms with van der Waals surface area (Å²) in [4.78, 5) is 4.24. The van der Waals surface area contributed by atoms with Gasteiger partial charge in [-0.25, -0.2) is 9.38 Å². The number of halogens is 1. The number of nitrogens with zero attached hydrogens (tertiary/aromatic N) is 1. The second kappa shape index (κ2) is 3.88. The molecule has 0 saturated heterocycles. The van der Waals surface area contributed by atoms with Crippen LogP contribution in [-0.2, 0) is 0 Å². The molecule has 0 bridgehead atoms. The van der Waals surface area contributed by atoms with Crippen molar-refractivity contribution in [3.8, 4) is 5.75 Å². The summed E-state index contributed by atoms with van der Waals surface area (Å²) in [5, 5.41) is 0. The Hall–Kier alpha value is -1.58. The number of amidine groups is 1. The molecule has 0 radical (unpaired) electrons. The van der Waals surface area contributed by atoms with E-state index in [-0.39, 0.29) is 5.82 Å². The van der Waals surface area contributed by atoms with Gasteiger partial charge in [-0.2, -0.15) is 0 Å². The minimum Gasteiger partial charge on any atom is -0.494 e. The zero-order valence-electron chi connectivity index (χ0n) is 8.53. The molecule has 80 valence electrons. The number of benzene rings is 1. The Kier molecular flexibility index (Phi) is 2.58. The maximum atomic E-state index is 12.9. The normalized spacial score (nSPS) is 16.5. The number of nitrogens with two attached hydrogens (primary N) is 1. The molecule has 0 atom stereocenters. The standard InChI is InChI=1S/C11H13FN2O/c1-15-10-6-8(12)4-5-9(10)14-11(13)7-2-3-7/h4-7H,2-3H2,1H3,(H2,13,14). The lowest BCUT2D eigenvalue weighted by atomic mass is 10.3. The minimum absolute atomic E-state index is 0.337. The van der Waals surface area contributed by atoms with E-state index in [0.717, 1.165) is 12.8 Å². The first-order chi connectivity index (χ1) is 7.20. The second-order valence-electron chi connectivity index (χ2n) is 3.63. The molecule has 1 aromatic rings. The molecule has 0 amide bonds. The predicted molar refractivity (Wildman–Crippen MR) is 57.0 cm³/mol. The topological polar surface area (TPSA) is 47.6 Å². The third kappa shape index (κ3) is 2.26. The lowest BCUT2D eigenvalue weighted by Gasteiger charge is -2.05. The number of hydrogen-bond acceptors (Lipinski definition) is 2. The molecular weight excluding hydrogens is 195 g/mol. The summed E-state index contributed by atoms with van der Waals surface area (Å²) >= 11 is 0. The van der Waals surface area contributed by atoms with E-state index in [2.05, 4.69) is 4.99 Å². The SMILES string of the molecule is COc1cc(F)ccc1N=C(N)C1CC1. The van der Waals surface area contributed by atoms with Gasteiger partial charge in [-0.1, -0.05) is 0 Å². The van der Waals surface area contributed by atoms with Gasteiger partial charge in [0.2, 0.25) is 0 Å². The second-order valence-corrected chi connectivity index (χ2v) is 3.63. The third-order valence-electron chi connectivity index (χ3n) is 2.39. The van der Waals surface area contributed by atoms with Crippen molar-refractivity contribution in [1.82, 2.24) is 0 Å². The van der Waals surface area contributed by atoms with Crippen molar-refractivity contribution in [2.24, 2.45) is 16.6 Å². The van der Waals surface area contributed by atoms with Gasteiger partial charge >= 0.3 is 0 Å². The Labute approximate surface area is 87.8 Å². The Bertz CT molecular complexity index is 400. The molecule has 3 nitrogen and oxygen atoms in total. The van der Waals surface area contributed by atoms with Gasteiger partial charge in [0.25, 0.3) is 0 Å². The molecule has 0 unspecified atom stereocenters. The van der Waals surface area contributed by atoms with Crippen LogP contribution in [0.3, 0.4) is 0 Å². The highest BCUT2D eigenvalue weighted by Gasteiger charge is 2.25. The number of rotatable bonds is 3. The Morgan fingerprint density at radius 1 is 1.53 bits per heavy atom. The van der Waals surface area contributed by atoms with Gasteiger partial charge in [0.05, 0.1) is 7.11 Å². The summed E-state index contributed by atoms with van der Waals surface area (Å²) in [6, 6.07) is 4.23. The molecule has 15 heavy (non-hydrogen) atoms. The summed E-state index contributed by atoms with van der Waals surface area (Å²) in [5.41, 5.74) is 6.36. The van der Waals surface area contributed by atoms with E-state index in [9.17, 15) is 4.39 Å². The van der Waals surface area contributed by atoms with Crippen LogP contribution in [0.1, 0.15) is 12.8 Å². The lowest BCUT2D eigenvalue weighted by molar-refractivity contribution is 0.412. The van der Waals surface area contributed by atoms with E-state index < -0.39 is 0 Å². The predicted octanol–water partition coefficient (Wildman–Crippen LogP) is 2.23. The quantitative estimate of drug-likeness (QED) is 0.611. The number of hydrogen-bond donors (Lipinski definition) is 1. The number of methoxy groups -OCH3 is 1. The molecule has 0 aliphatic heterocycles. The fourth-order valence-electron chi connectivity index (χ4n) is 1.35. The van der Waals surface area contributed by atoms with E-state index in [1.54, 1.807) is 6.07 Å². The van der Waals surface area contributed by atoms with Crippen molar-refractivity contribution in [3.63, 3.8) is 0 Å². The largest absolute Gasteiger partial charge is 0.494 e. The molecule has 1 aromatic carbocycles. The molecule has 2 rings (SSSR count). The zero-order valence-corrected chi connectivity index (χ0v) is 8.53. The van der Waals surface area contributed by atoms with E-state index >= 15 is 0 Å². The van der Waals surface area contributed by atoms with Crippen molar-refractivity contribution in [2.45, 2.75) is 12.8 Å². The number of ether oxygens (including phenoxy) is 1. The van der Waals surface area contributed by atoms with Crippen LogP contribution >= 0.6 is 0 Å². The first-order valence-corrected chi connectivity index (χ1v) is 4.88. The van der Waals surface area contributed by atoms with Crippen LogP contribution in [0, 0.1) is 11.7 Å². The molecule has 2 N–H and O–H groups in total. The van der Waals surface area contributed by atoms with Gasteiger partial charge < -0.3 is 10.5 Å². The van der Waals surface area contributed by atoms with Crippen molar-refractivity contribution < 1.29 is 9.13 Å². The third-order valence-corrected chi connectivity index (χ3v) is 2.39. The smallest absolute Gasteiger partial charge is 0.147 e. The average molecular weight is 208 g/mol. The highest BCUT2D eigenvalue weighted by molar-refractivity contribution is 5.87. The molecule has 1 fully saturated rings. The molecule has 1 saturated carbocycles. The highest BCUT2D eigenvalue weighted by Crippen LogP contribution is 2.33. The number of aliphatic imine (C=N–C) groups is 1. The van der Waals surface area contributed by atoms with Crippen LogP contribution in [0.25, 0.3) is 0 Å². The van der Waals surface area contributed by atoms with Crippen molar-refractivity contribution in [2.75, 3.05) is 7.11 Å². The van der Waals surface area contributed by atoms with Crippen LogP contribution in [0.4, 0.5) is 10.1 Å². The fraction of sp³-hybridized carbons (Fsp3) is 0.364. The Morgan fingerprint density at radius 3 is 2.87 bits per heavy atom. The van der Waals surface area contributed by atoms with Gasteiger partial charge in [-0.15, -0.1) is 0 Å². The first-order valence-electron chi connectivity index (χ1n) is 4.88. The van der Waals surface area contributed by atoms with Crippen LogP contribution in [0.5, 0.6) is 5.75 Å². The van der Waals surface area contributed by atoms with Crippen LogP contribution in [0.15, 0.2) is 23.2 Å². The molecule has 0 spiro atoms. The van der Waals surface area contributed by atoms with Crippen molar-refractivity contribution in [1.29, 1.82) is 0 Å². The van der Waals surface area contributed by atoms with Gasteiger partial charge in [0.1, 0.15) is 23.1 Å². The van der Waals surface area contributed by atoms with Crippen molar-refractivity contribution in [3.05, 3.63) is 24.0 Å². The van der Waals surface area contributed by atoms with Gasteiger partial charge in [0, 0.05) is 12.0 Å². The zero-order chi connectivity index (χ0) is 10.8. The van der Waals surface area contributed by atoms with Gasteiger partial charge in [0.15, 0.2) is 0 Å². The summed E-state index contributed by atoms with van der Waals surface area (Å²) in [6.45, 7) is 0. The van der Waals surface area contributed by atoms with E-state index in [4.69, 9.17) is 10.5 Å². The molecule has 0 aromatic heterocycles. The van der Waals surface area contributed by atoms with Crippen molar-refractivity contribution >= 4 is 11.5 Å². The molecule has 0 heterocycles. The fourth-order valence-corrected chi connectivity index (χ4v) is 1.35. The summed E-state index contributed by atoms with van der Waals surface area (Å²) in [6.07, 6.45) is 2.19. The van der Waals surface area contributed by atoms with E-state index in [1.807, 2.05) is 0 Å². The monoisotopic (exact) mass is 208 g/mol. The lowest BCUT2D eigenvalue weighted by Crippen LogP contribution is -2.13. The highest BCUT2D eigenvalue weighted by atomic mass is 19.1. The maximum Gasteiger partial charge on any atom is 0.147 e. The molecule has 1 aliphatic carbocycles. The summed E-state index contributed by atoms with van der Waals surface area (Å²) in [7, 11) is 1.49.